The Bertz CT molecular complexity index is 681. The number of rotatable bonds is 4. The van der Waals surface area contributed by atoms with Crippen LogP contribution in [0.25, 0.3) is 0 Å². The molecule has 0 spiro atoms. The quantitative estimate of drug-likeness (QED) is 0.692. The van der Waals surface area contributed by atoms with Gasteiger partial charge in [0.25, 0.3) is 0 Å². The minimum Gasteiger partial charge on any atom is -0.492 e. The van der Waals surface area contributed by atoms with E-state index in [1.807, 2.05) is 12.1 Å². The van der Waals surface area contributed by atoms with Gasteiger partial charge in [-0.05, 0) is 29.7 Å². The molecule has 0 saturated carbocycles. The number of hydrogen-bond acceptors (Lipinski definition) is 4. The first-order valence-corrected chi connectivity index (χ1v) is 6.88. The molecule has 4 nitrogen and oxygen atoms in total. The van der Waals surface area contributed by atoms with Crippen LogP contribution in [0.5, 0.6) is 5.75 Å². The Kier molecular flexibility index (Phi) is 3.52. The zero-order valence-electron chi connectivity index (χ0n) is 11.8. The van der Waals surface area contributed by atoms with E-state index in [9.17, 15) is 4.79 Å². The summed E-state index contributed by atoms with van der Waals surface area (Å²) in [7, 11) is 1.33. The van der Waals surface area contributed by atoms with E-state index in [0.29, 0.717) is 29.5 Å². The van der Waals surface area contributed by atoms with Crippen molar-refractivity contribution in [2.24, 2.45) is 0 Å². The molecule has 0 saturated heterocycles. The van der Waals surface area contributed by atoms with Gasteiger partial charge in [-0.15, -0.1) is 0 Å². The Labute approximate surface area is 123 Å². The Morgan fingerprint density at radius 2 is 2.05 bits per heavy atom. The molecule has 2 aromatic rings. The lowest BCUT2D eigenvalue weighted by Gasteiger charge is -2.30. The number of nitrogen functional groups attached to an aromatic ring is 1. The number of esters is 1. The van der Waals surface area contributed by atoms with Crippen molar-refractivity contribution in [2.45, 2.75) is 12.3 Å². The molecule has 2 aromatic carbocycles. The second-order valence-corrected chi connectivity index (χ2v) is 5.12. The van der Waals surface area contributed by atoms with Gasteiger partial charge in [-0.1, -0.05) is 30.3 Å². The topological polar surface area (TPSA) is 61.5 Å². The molecule has 21 heavy (non-hydrogen) atoms. The van der Waals surface area contributed by atoms with Gasteiger partial charge in [-0.3, -0.25) is 0 Å². The predicted octanol–water partition coefficient (Wildman–Crippen LogP) is 2.77. The van der Waals surface area contributed by atoms with Gasteiger partial charge in [0.2, 0.25) is 0 Å². The fourth-order valence-electron chi connectivity index (χ4n) is 2.69. The highest BCUT2D eigenvalue weighted by molar-refractivity contribution is 5.98. The maximum atomic E-state index is 11.8. The summed E-state index contributed by atoms with van der Waals surface area (Å²) in [5.41, 5.74) is 9.20. The monoisotopic (exact) mass is 283 g/mol. The molecule has 1 aliphatic rings. The minimum absolute atomic E-state index is 0.299. The highest BCUT2D eigenvalue weighted by atomic mass is 16.5. The molecule has 0 amide bonds. The first-order valence-electron chi connectivity index (χ1n) is 6.88. The molecule has 4 heteroatoms. The Balaban J connectivity index is 1.75. The molecule has 0 radical (unpaired) electrons. The van der Waals surface area contributed by atoms with Crippen LogP contribution in [0.2, 0.25) is 0 Å². The van der Waals surface area contributed by atoms with Crippen LogP contribution in [0, 0.1) is 0 Å². The maximum absolute atomic E-state index is 11.8. The number of anilines is 1. The van der Waals surface area contributed by atoms with Crippen molar-refractivity contribution in [1.29, 1.82) is 0 Å². The van der Waals surface area contributed by atoms with Crippen molar-refractivity contribution in [3.8, 4) is 5.75 Å². The lowest BCUT2D eigenvalue weighted by molar-refractivity contribution is 0.0597. The lowest BCUT2D eigenvalue weighted by Crippen LogP contribution is -2.23. The van der Waals surface area contributed by atoms with Gasteiger partial charge in [-0.25, -0.2) is 4.79 Å². The average molecular weight is 283 g/mol. The molecule has 0 bridgehead atoms. The van der Waals surface area contributed by atoms with E-state index in [4.69, 9.17) is 15.2 Å². The molecular formula is C17H17NO3. The molecular weight excluding hydrogens is 266 g/mol. The number of benzene rings is 2. The number of nitrogens with two attached hydrogens (primary N) is 1. The highest BCUT2D eigenvalue weighted by Gasteiger charge is 2.26. The molecule has 3 rings (SSSR count). The average Bonchev–Trinajstić information content (AvgIpc) is 2.47. The van der Waals surface area contributed by atoms with Gasteiger partial charge in [0.15, 0.2) is 0 Å². The molecule has 2 N–H and O–H groups in total. The number of carbonyl (C=O) groups excluding carboxylic acids is 1. The van der Waals surface area contributed by atoms with E-state index in [1.54, 1.807) is 18.2 Å². The van der Waals surface area contributed by atoms with E-state index in [2.05, 4.69) is 12.1 Å². The summed E-state index contributed by atoms with van der Waals surface area (Å²) < 4.78 is 10.6. The minimum atomic E-state index is -0.475. The van der Waals surface area contributed by atoms with Crippen molar-refractivity contribution < 1.29 is 14.3 Å². The van der Waals surface area contributed by atoms with Crippen LogP contribution in [0.1, 0.15) is 27.4 Å². The van der Waals surface area contributed by atoms with Crippen LogP contribution in [-0.4, -0.2) is 19.7 Å². The molecule has 0 aliphatic heterocycles. The van der Waals surface area contributed by atoms with E-state index in [-0.39, 0.29) is 0 Å². The summed E-state index contributed by atoms with van der Waals surface area (Å²) in [5.74, 6) is 0.372. The fourth-order valence-corrected chi connectivity index (χ4v) is 2.69. The normalized spacial score (nSPS) is 15.8. The van der Waals surface area contributed by atoms with Crippen molar-refractivity contribution in [3.05, 3.63) is 59.2 Å². The summed E-state index contributed by atoms with van der Waals surface area (Å²) in [4.78, 5) is 11.8. The summed E-state index contributed by atoms with van der Waals surface area (Å²) in [6.45, 7) is 0.532. The van der Waals surface area contributed by atoms with E-state index >= 15 is 0 Å². The first kappa shape index (κ1) is 13.5. The van der Waals surface area contributed by atoms with Crippen LogP contribution in [0.3, 0.4) is 0 Å². The number of hydrogen-bond donors (Lipinski definition) is 1. The molecule has 0 heterocycles. The van der Waals surface area contributed by atoms with Crippen molar-refractivity contribution >= 4 is 11.7 Å². The summed E-state index contributed by atoms with van der Waals surface area (Å²) >= 11 is 0. The Morgan fingerprint density at radius 1 is 1.24 bits per heavy atom. The second-order valence-electron chi connectivity index (χ2n) is 5.12. The maximum Gasteiger partial charge on any atom is 0.343 e. The van der Waals surface area contributed by atoms with E-state index in [0.717, 1.165) is 6.42 Å². The number of carbonyl (C=O) groups is 1. The third-order valence-electron chi connectivity index (χ3n) is 3.85. The molecule has 1 aliphatic carbocycles. The highest BCUT2D eigenvalue weighted by Crippen LogP contribution is 2.36. The molecule has 108 valence electrons. The molecule has 1 unspecified atom stereocenters. The molecule has 0 fully saturated rings. The number of ether oxygens (including phenoxy) is 2. The molecule has 1 atom stereocenters. The van der Waals surface area contributed by atoms with Gasteiger partial charge in [-0.2, -0.15) is 0 Å². The molecule has 0 aromatic heterocycles. The predicted molar refractivity (Wildman–Crippen MR) is 80.6 cm³/mol. The van der Waals surface area contributed by atoms with Crippen molar-refractivity contribution in [1.82, 2.24) is 0 Å². The van der Waals surface area contributed by atoms with Gasteiger partial charge in [0, 0.05) is 11.6 Å². The zero-order valence-corrected chi connectivity index (χ0v) is 11.8. The number of fused-ring (bicyclic) bond motifs is 1. The largest absolute Gasteiger partial charge is 0.492 e. The van der Waals surface area contributed by atoms with E-state index < -0.39 is 5.97 Å². The van der Waals surface area contributed by atoms with Crippen LogP contribution in [0.15, 0.2) is 42.5 Å². The second kappa shape index (κ2) is 5.48. The summed E-state index contributed by atoms with van der Waals surface area (Å²) in [6, 6.07) is 13.5. The van der Waals surface area contributed by atoms with Crippen LogP contribution < -0.4 is 10.5 Å². The van der Waals surface area contributed by atoms with Crippen LogP contribution in [-0.2, 0) is 11.2 Å². The fraction of sp³-hybridized carbons (Fsp3) is 0.235. The van der Waals surface area contributed by atoms with Gasteiger partial charge in [0.05, 0.1) is 13.7 Å². The van der Waals surface area contributed by atoms with Crippen molar-refractivity contribution in [3.63, 3.8) is 0 Å². The standard InChI is InChI=1S/C17H17NO3/c1-20-17(19)16-14(18)7-4-8-15(16)21-10-12-9-11-5-2-3-6-13(11)12/h2-8,12H,9-10,18H2,1H3. The SMILES string of the molecule is COC(=O)c1c(N)cccc1OCC1Cc2ccccc21. The van der Waals surface area contributed by atoms with Gasteiger partial charge >= 0.3 is 5.97 Å². The first-order chi connectivity index (χ1) is 10.2. The smallest absolute Gasteiger partial charge is 0.343 e. The van der Waals surface area contributed by atoms with Gasteiger partial charge in [0.1, 0.15) is 11.3 Å². The summed E-state index contributed by atoms with van der Waals surface area (Å²) in [5, 5.41) is 0. The van der Waals surface area contributed by atoms with Crippen molar-refractivity contribution in [2.75, 3.05) is 19.5 Å². The van der Waals surface area contributed by atoms with Gasteiger partial charge < -0.3 is 15.2 Å². The third-order valence-corrected chi connectivity index (χ3v) is 3.85. The number of methoxy groups -OCH3 is 1. The van der Waals surface area contributed by atoms with Crippen LogP contribution >= 0.6 is 0 Å². The Morgan fingerprint density at radius 3 is 2.81 bits per heavy atom. The van der Waals surface area contributed by atoms with Crippen LogP contribution in [0.4, 0.5) is 5.69 Å². The van der Waals surface area contributed by atoms with E-state index in [1.165, 1.54) is 18.2 Å². The summed E-state index contributed by atoms with van der Waals surface area (Å²) in [6.07, 6.45) is 1.01. The Hall–Kier alpha value is -2.49. The third kappa shape index (κ3) is 2.44. The lowest BCUT2D eigenvalue weighted by atomic mass is 9.78. The zero-order chi connectivity index (χ0) is 14.8.